The first kappa shape index (κ1) is 21.9. The molecule has 0 atom stereocenters. The highest BCUT2D eigenvalue weighted by Crippen LogP contribution is 2.27. The molecule has 0 aliphatic rings. The maximum absolute atomic E-state index is 11.8. The van der Waals surface area contributed by atoms with Gasteiger partial charge in [0.15, 0.2) is 18.3 Å². The number of hydrogen-bond acceptors (Lipinski definition) is 5. The summed E-state index contributed by atoms with van der Waals surface area (Å²) in [7, 11) is 0. The summed E-state index contributed by atoms with van der Waals surface area (Å²) in [5.41, 5.74) is 5.75. The standard InChI is InChI=1S/C18H17BrClN3O4S/c1-11-3-2-4-13(7-11)26-10-17(25)22-23-18(28)21-16(24)9-27-15-6-5-12(19)8-14(15)20/h2-8H,9-10H2,1H3,(H,22,25)(H2,21,23,24,28). The van der Waals surface area contributed by atoms with Crippen molar-refractivity contribution in [3.05, 3.63) is 57.5 Å². The SMILES string of the molecule is Cc1cccc(OCC(=O)NNC(=S)NC(=O)COc2ccc(Br)cc2Cl)c1. The van der Waals surface area contributed by atoms with Gasteiger partial charge in [-0.2, -0.15) is 0 Å². The number of ether oxygens (including phenoxy) is 2. The van der Waals surface area contributed by atoms with E-state index in [1.165, 1.54) is 0 Å². The molecule has 0 aliphatic carbocycles. The number of amides is 2. The molecule has 3 N–H and O–H groups in total. The Kier molecular flexibility index (Phi) is 8.49. The molecule has 0 saturated carbocycles. The Morgan fingerprint density at radius 3 is 2.54 bits per heavy atom. The van der Waals surface area contributed by atoms with Crippen molar-refractivity contribution in [1.29, 1.82) is 0 Å². The highest BCUT2D eigenvalue weighted by molar-refractivity contribution is 9.10. The molecule has 7 nitrogen and oxygen atoms in total. The monoisotopic (exact) mass is 485 g/mol. The summed E-state index contributed by atoms with van der Waals surface area (Å²) in [5, 5.41) is 2.65. The summed E-state index contributed by atoms with van der Waals surface area (Å²) in [6.07, 6.45) is 0. The molecular formula is C18H17BrClN3O4S. The van der Waals surface area contributed by atoms with Crippen molar-refractivity contribution in [3.63, 3.8) is 0 Å². The molecule has 0 radical (unpaired) electrons. The summed E-state index contributed by atoms with van der Waals surface area (Å²) in [5.74, 6) is -0.0342. The van der Waals surface area contributed by atoms with Crippen molar-refractivity contribution in [1.82, 2.24) is 16.2 Å². The third-order valence-corrected chi connectivity index (χ3v) is 4.17. The molecule has 2 rings (SSSR count). The van der Waals surface area contributed by atoms with E-state index in [1.54, 1.807) is 24.3 Å². The fourth-order valence-electron chi connectivity index (χ4n) is 1.95. The van der Waals surface area contributed by atoms with Crippen LogP contribution in [0.1, 0.15) is 5.56 Å². The minimum Gasteiger partial charge on any atom is -0.484 e. The zero-order valence-electron chi connectivity index (χ0n) is 14.8. The molecule has 28 heavy (non-hydrogen) atoms. The molecule has 0 spiro atoms. The van der Waals surface area contributed by atoms with Crippen LogP contribution in [-0.4, -0.2) is 30.1 Å². The summed E-state index contributed by atoms with van der Waals surface area (Å²) in [4.78, 5) is 23.6. The largest absolute Gasteiger partial charge is 0.484 e. The van der Waals surface area contributed by atoms with Crippen LogP contribution in [0.15, 0.2) is 46.9 Å². The minimum absolute atomic E-state index is 0.0839. The van der Waals surface area contributed by atoms with Crippen molar-refractivity contribution >= 4 is 56.7 Å². The molecule has 2 aromatic carbocycles. The Labute approximate surface area is 180 Å². The van der Waals surface area contributed by atoms with Gasteiger partial charge in [-0.25, -0.2) is 0 Å². The van der Waals surface area contributed by atoms with Crippen molar-refractivity contribution in [2.24, 2.45) is 0 Å². The van der Waals surface area contributed by atoms with Gasteiger partial charge in [-0.15, -0.1) is 0 Å². The summed E-state index contributed by atoms with van der Waals surface area (Å²) < 4.78 is 11.5. The first-order valence-corrected chi connectivity index (χ1v) is 9.57. The molecule has 0 aliphatic heterocycles. The second-order valence-electron chi connectivity index (χ2n) is 5.52. The lowest BCUT2D eigenvalue weighted by molar-refractivity contribution is -0.124. The number of carbonyl (C=O) groups excluding carboxylic acids is 2. The van der Waals surface area contributed by atoms with Gasteiger partial charge < -0.3 is 9.47 Å². The molecule has 2 aromatic rings. The number of halogens is 2. The van der Waals surface area contributed by atoms with Gasteiger partial charge >= 0.3 is 0 Å². The fraction of sp³-hybridized carbons (Fsp3) is 0.167. The molecule has 0 saturated heterocycles. The Balaban J connectivity index is 1.66. The highest BCUT2D eigenvalue weighted by Gasteiger charge is 2.09. The lowest BCUT2D eigenvalue weighted by Gasteiger charge is -2.12. The Bertz CT molecular complexity index is 882. The topological polar surface area (TPSA) is 88.7 Å². The molecule has 10 heteroatoms. The predicted octanol–water partition coefficient (Wildman–Crippen LogP) is 2.89. The van der Waals surface area contributed by atoms with Crippen LogP contribution in [0.25, 0.3) is 0 Å². The van der Waals surface area contributed by atoms with Gasteiger partial charge in [-0.05, 0) is 55.0 Å². The quantitative estimate of drug-likeness (QED) is 0.430. The van der Waals surface area contributed by atoms with E-state index in [0.717, 1.165) is 10.0 Å². The highest BCUT2D eigenvalue weighted by atomic mass is 79.9. The molecule has 0 aromatic heterocycles. The zero-order chi connectivity index (χ0) is 20.5. The number of carbonyl (C=O) groups is 2. The van der Waals surface area contributed by atoms with E-state index in [0.29, 0.717) is 16.5 Å². The Morgan fingerprint density at radius 2 is 1.82 bits per heavy atom. The van der Waals surface area contributed by atoms with E-state index >= 15 is 0 Å². The molecule has 148 valence electrons. The van der Waals surface area contributed by atoms with Crippen molar-refractivity contribution < 1.29 is 19.1 Å². The van der Waals surface area contributed by atoms with E-state index in [1.807, 2.05) is 25.1 Å². The van der Waals surface area contributed by atoms with Crippen LogP contribution in [0, 0.1) is 6.92 Å². The minimum atomic E-state index is -0.512. The summed E-state index contributed by atoms with van der Waals surface area (Å²) in [6.45, 7) is 1.41. The zero-order valence-corrected chi connectivity index (χ0v) is 17.9. The normalized spacial score (nSPS) is 9.96. The molecule has 0 fully saturated rings. The average molecular weight is 487 g/mol. The van der Waals surface area contributed by atoms with Crippen molar-refractivity contribution in [3.8, 4) is 11.5 Å². The second kappa shape index (κ2) is 10.8. The van der Waals surface area contributed by atoms with Crippen LogP contribution in [0.4, 0.5) is 0 Å². The van der Waals surface area contributed by atoms with E-state index in [4.69, 9.17) is 33.3 Å². The first-order chi connectivity index (χ1) is 13.3. The van der Waals surface area contributed by atoms with Gasteiger partial charge in [0.05, 0.1) is 5.02 Å². The van der Waals surface area contributed by atoms with Crippen LogP contribution in [-0.2, 0) is 9.59 Å². The van der Waals surface area contributed by atoms with E-state index < -0.39 is 11.8 Å². The van der Waals surface area contributed by atoms with Gasteiger partial charge in [-0.1, -0.05) is 39.7 Å². The molecule has 0 heterocycles. The fourth-order valence-corrected chi connectivity index (χ4v) is 2.84. The van der Waals surface area contributed by atoms with Gasteiger partial charge in [0.25, 0.3) is 11.8 Å². The van der Waals surface area contributed by atoms with Crippen molar-refractivity contribution in [2.45, 2.75) is 6.92 Å². The number of hydrazine groups is 1. The third-order valence-electron chi connectivity index (χ3n) is 3.18. The predicted molar refractivity (Wildman–Crippen MR) is 113 cm³/mol. The summed E-state index contributed by atoms with van der Waals surface area (Å²) in [6, 6.07) is 12.3. The first-order valence-electron chi connectivity index (χ1n) is 7.99. The van der Waals surface area contributed by atoms with Crippen LogP contribution < -0.4 is 25.6 Å². The molecule has 2 amide bonds. The van der Waals surface area contributed by atoms with Gasteiger partial charge in [-0.3, -0.25) is 25.8 Å². The van der Waals surface area contributed by atoms with Gasteiger partial charge in [0.1, 0.15) is 11.5 Å². The van der Waals surface area contributed by atoms with E-state index in [-0.39, 0.29) is 18.3 Å². The van der Waals surface area contributed by atoms with Crippen LogP contribution in [0.3, 0.4) is 0 Å². The molecule has 0 unspecified atom stereocenters. The average Bonchev–Trinajstić information content (AvgIpc) is 2.64. The van der Waals surface area contributed by atoms with Crippen LogP contribution in [0.2, 0.25) is 5.02 Å². The van der Waals surface area contributed by atoms with Crippen molar-refractivity contribution in [2.75, 3.05) is 13.2 Å². The van der Waals surface area contributed by atoms with E-state index in [2.05, 4.69) is 32.1 Å². The van der Waals surface area contributed by atoms with Gasteiger partial charge in [0.2, 0.25) is 0 Å². The van der Waals surface area contributed by atoms with Crippen LogP contribution in [0.5, 0.6) is 11.5 Å². The van der Waals surface area contributed by atoms with Gasteiger partial charge in [0, 0.05) is 4.47 Å². The molecular weight excluding hydrogens is 470 g/mol. The Morgan fingerprint density at radius 1 is 1.07 bits per heavy atom. The smallest absolute Gasteiger partial charge is 0.276 e. The Hall–Kier alpha value is -2.36. The number of rotatable bonds is 6. The third kappa shape index (κ3) is 7.71. The number of hydrogen-bond donors (Lipinski definition) is 3. The maximum Gasteiger partial charge on any atom is 0.276 e. The molecule has 0 bridgehead atoms. The van der Waals surface area contributed by atoms with Crippen LogP contribution >= 0.6 is 39.7 Å². The second-order valence-corrected chi connectivity index (χ2v) is 7.25. The lowest BCUT2D eigenvalue weighted by Crippen LogP contribution is -2.50. The lowest BCUT2D eigenvalue weighted by atomic mass is 10.2. The summed E-state index contributed by atoms with van der Waals surface area (Å²) >= 11 is 14.2. The number of aryl methyl sites for hydroxylation is 1. The number of benzene rings is 2. The maximum atomic E-state index is 11.8. The number of thiocarbonyl (C=S) groups is 1. The number of nitrogens with one attached hydrogen (secondary N) is 3. The van der Waals surface area contributed by atoms with E-state index in [9.17, 15) is 9.59 Å².